The highest BCUT2D eigenvalue weighted by Gasteiger charge is 2.32. The lowest BCUT2D eigenvalue weighted by molar-refractivity contribution is -0.167. The zero-order chi connectivity index (χ0) is 11.5. The highest BCUT2D eigenvalue weighted by atomic mass is 16.6. The minimum absolute atomic E-state index is 0.666. The third-order valence-electron chi connectivity index (χ3n) is 1.38. The standard InChI is InChI=1S/C9H17NO4/c1-9(2,3)14-8(13)6(7(11)12)10(4)5/h6H,1-5H3,(H,11,12). The van der Waals surface area contributed by atoms with Crippen LogP contribution in [0.4, 0.5) is 0 Å². The summed E-state index contributed by atoms with van der Waals surface area (Å²) in [5, 5.41) is 8.77. The molecule has 0 aliphatic carbocycles. The van der Waals surface area contributed by atoms with E-state index in [0.717, 1.165) is 0 Å². The average molecular weight is 203 g/mol. The Kier molecular flexibility index (Phi) is 4.07. The predicted molar refractivity (Wildman–Crippen MR) is 51.0 cm³/mol. The Morgan fingerprint density at radius 2 is 1.71 bits per heavy atom. The fourth-order valence-corrected chi connectivity index (χ4v) is 0.890. The van der Waals surface area contributed by atoms with E-state index < -0.39 is 23.6 Å². The smallest absolute Gasteiger partial charge is 0.335 e. The number of carboxylic acid groups (broad SMARTS) is 1. The van der Waals surface area contributed by atoms with Gasteiger partial charge in [0, 0.05) is 0 Å². The first-order chi connectivity index (χ1) is 6.15. The number of nitrogens with zero attached hydrogens (tertiary/aromatic N) is 1. The lowest BCUT2D eigenvalue weighted by Crippen LogP contribution is -2.45. The maximum atomic E-state index is 11.4. The van der Waals surface area contributed by atoms with Gasteiger partial charge in [0.05, 0.1) is 0 Å². The monoisotopic (exact) mass is 203 g/mol. The SMILES string of the molecule is CN(C)C(C(=O)O)C(=O)OC(C)(C)C. The van der Waals surface area contributed by atoms with E-state index in [1.54, 1.807) is 20.8 Å². The third kappa shape index (κ3) is 4.23. The van der Waals surface area contributed by atoms with E-state index in [0.29, 0.717) is 0 Å². The number of likely N-dealkylation sites (N-methyl/N-ethyl adjacent to an activating group) is 1. The molecule has 0 saturated carbocycles. The van der Waals surface area contributed by atoms with Crippen molar-refractivity contribution in [3.05, 3.63) is 0 Å². The van der Waals surface area contributed by atoms with E-state index in [1.165, 1.54) is 19.0 Å². The quantitative estimate of drug-likeness (QED) is 0.529. The highest BCUT2D eigenvalue weighted by Crippen LogP contribution is 2.10. The molecule has 0 rings (SSSR count). The van der Waals surface area contributed by atoms with Crippen LogP contribution < -0.4 is 0 Å². The van der Waals surface area contributed by atoms with Crippen molar-refractivity contribution in [1.29, 1.82) is 0 Å². The number of hydrogen-bond acceptors (Lipinski definition) is 4. The summed E-state index contributed by atoms with van der Waals surface area (Å²) in [6.45, 7) is 5.08. The summed E-state index contributed by atoms with van der Waals surface area (Å²) in [4.78, 5) is 23.4. The number of esters is 1. The molecule has 0 aliphatic heterocycles. The van der Waals surface area contributed by atoms with Crippen LogP contribution in [0.3, 0.4) is 0 Å². The minimum Gasteiger partial charge on any atom is -0.480 e. The van der Waals surface area contributed by atoms with E-state index in [-0.39, 0.29) is 0 Å². The molecule has 0 fully saturated rings. The molecule has 0 radical (unpaired) electrons. The number of aliphatic carboxylic acids is 1. The molecular weight excluding hydrogens is 186 g/mol. The van der Waals surface area contributed by atoms with Gasteiger partial charge in [0.25, 0.3) is 0 Å². The number of rotatable bonds is 3. The van der Waals surface area contributed by atoms with Crippen LogP contribution in [0.5, 0.6) is 0 Å². The second-order valence-electron chi connectivity index (χ2n) is 4.24. The van der Waals surface area contributed by atoms with Gasteiger partial charge in [-0.1, -0.05) is 0 Å². The van der Waals surface area contributed by atoms with Gasteiger partial charge < -0.3 is 9.84 Å². The van der Waals surface area contributed by atoms with Crippen molar-refractivity contribution in [2.45, 2.75) is 32.4 Å². The van der Waals surface area contributed by atoms with Crippen molar-refractivity contribution >= 4 is 11.9 Å². The number of hydrogen-bond donors (Lipinski definition) is 1. The van der Waals surface area contributed by atoms with Gasteiger partial charge in [-0.15, -0.1) is 0 Å². The summed E-state index contributed by atoms with van der Waals surface area (Å²) >= 11 is 0. The summed E-state index contributed by atoms with van der Waals surface area (Å²) in [5.41, 5.74) is -0.666. The summed E-state index contributed by atoms with van der Waals surface area (Å²) < 4.78 is 4.96. The van der Waals surface area contributed by atoms with E-state index in [1.807, 2.05) is 0 Å². The number of carbonyl (C=O) groups excluding carboxylic acids is 1. The normalized spacial score (nSPS) is 13.9. The molecule has 0 heterocycles. The molecule has 0 aromatic rings. The molecule has 82 valence electrons. The topological polar surface area (TPSA) is 66.8 Å². The van der Waals surface area contributed by atoms with Crippen molar-refractivity contribution in [1.82, 2.24) is 4.90 Å². The fourth-order valence-electron chi connectivity index (χ4n) is 0.890. The van der Waals surface area contributed by atoms with Crippen molar-refractivity contribution in [2.24, 2.45) is 0 Å². The molecule has 5 heteroatoms. The Balaban J connectivity index is 4.55. The summed E-state index contributed by atoms with van der Waals surface area (Å²) in [7, 11) is 3.03. The van der Waals surface area contributed by atoms with Crippen LogP contribution >= 0.6 is 0 Å². The van der Waals surface area contributed by atoms with Gasteiger partial charge >= 0.3 is 11.9 Å². The first-order valence-electron chi connectivity index (χ1n) is 4.27. The molecule has 0 aromatic carbocycles. The van der Waals surface area contributed by atoms with E-state index in [2.05, 4.69) is 0 Å². The van der Waals surface area contributed by atoms with Crippen molar-refractivity contribution in [2.75, 3.05) is 14.1 Å². The van der Waals surface area contributed by atoms with Crippen LogP contribution in [0.2, 0.25) is 0 Å². The van der Waals surface area contributed by atoms with E-state index in [4.69, 9.17) is 9.84 Å². The molecule has 1 N–H and O–H groups in total. The van der Waals surface area contributed by atoms with Gasteiger partial charge in [0.15, 0.2) is 0 Å². The van der Waals surface area contributed by atoms with Crippen LogP contribution in [0.15, 0.2) is 0 Å². The van der Waals surface area contributed by atoms with Gasteiger partial charge in [0.2, 0.25) is 6.04 Å². The molecule has 5 nitrogen and oxygen atoms in total. The average Bonchev–Trinajstić information content (AvgIpc) is 1.78. The number of carbonyl (C=O) groups is 2. The van der Waals surface area contributed by atoms with Gasteiger partial charge in [-0.3, -0.25) is 4.90 Å². The van der Waals surface area contributed by atoms with Gasteiger partial charge in [-0.05, 0) is 34.9 Å². The maximum Gasteiger partial charge on any atom is 0.335 e. The second-order valence-corrected chi connectivity index (χ2v) is 4.24. The summed E-state index contributed by atoms with van der Waals surface area (Å²) in [6, 6.07) is -1.24. The highest BCUT2D eigenvalue weighted by molar-refractivity contribution is 5.98. The zero-order valence-corrected chi connectivity index (χ0v) is 9.20. The summed E-state index contributed by atoms with van der Waals surface area (Å²) in [5.74, 6) is -1.95. The molecule has 0 aliphatic rings. The van der Waals surface area contributed by atoms with Crippen LogP contribution in [0, 0.1) is 0 Å². The molecule has 0 spiro atoms. The molecule has 1 unspecified atom stereocenters. The Labute approximate surface area is 83.6 Å². The van der Waals surface area contributed by atoms with Crippen LogP contribution in [-0.2, 0) is 14.3 Å². The number of ether oxygens (including phenoxy) is 1. The predicted octanol–water partition coefficient (Wildman–Crippen LogP) is 0.343. The molecule has 0 amide bonds. The van der Waals surface area contributed by atoms with Crippen LogP contribution in [0.1, 0.15) is 20.8 Å². The van der Waals surface area contributed by atoms with Crippen LogP contribution in [0.25, 0.3) is 0 Å². The Bertz CT molecular complexity index is 229. The van der Waals surface area contributed by atoms with Gasteiger partial charge in [-0.25, -0.2) is 9.59 Å². The Hall–Kier alpha value is -1.10. The van der Waals surface area contributed by atoms with E-state index >= 15 is 0 Å². The molecular formula is C9H17NO4. The molecule has 14 heavy (non-hydrogen) atoms. The molecule has 1 atom stereocenters. The third-order valence-corrected chi connectivity index (χ3v) is 1.38. The van der Waals surface area contributed by atoms with Crippen molar-refractivity contribution in [3.8, 4) is 0 Å². The first-order valence-corrected chi connectivity index (χ1v) is 4.27. The Morgan fingerprint density at radius 3 is 1.93 bits per heavy atom. The van der Waals surface area contributed by atoms with Gasteiger partial charge in [0.1, 0.15) is 5.60 Å². The number of carboxylic acids is 1. The molecule has 0 saturated heterocycles. The maximum absolute atomic E-state index is 11.4. The van der Waals surface area contributed by atoms with E-state index in [9.17, 15) is 9.59 Å². The fraction of sp³-hybridized carbons (Fsp3) is 0.778. The van der Waals surface area contributed by atoms with Crippen molar-refractivity contribution in [3.63, 3.8) is 0 Å². The zero-order valence-electron chi connectivity index (χ0n) is 9.20. The summed E-state index contributed by atoms with van der Waals surface area (Å²) in [6.07, 6.45) is 0. The Morgan fingerprint density at radius 1 is 1.29 bits per heavy atom. The van der Waals surface area contributed by atoms with Gasteiger partial charge in [-0.2, -0.15) is 0 Å². The minimum atomic E-state index is -1.24. The second kappa shape index (κ2) is 4.41. The first kappa shape index (κ1) is 12.9. The lowest BCUT2D eigenvalue weighted by Gasteiger charge is -2.24. The van der Waals surface area contributed by atoms with Crippen LogP contribution in [-0.4, -0.2) is 47.7 Å². The lowest BCUT2D eigenvalue weighted by atomic mass is 10.2. The van der Waals surface area contributed by atoms with Crippen molar-refractivity contribution < 1.29 is 19.4 Å². The molecule has 0 bridgehead atoms. The largest absolute Gasteiger partial charge is 0.480 e. The molecule has 0 aromatic heterocycles.